The fourth-order valence-electron chi connectivity index (χ4n) is 19.1. The van der Waals surface area contributed by atoms with E-state index >= 15 is 0 Å². The molecule has 2 aliphatic carbocycles. The number of anilines is 12. The van der Waals surface area contributed by atoms with E-state index in [-0.39, 0.29) is 13.4 Å². The first-order valence-electron chi connectivity index (χ1n) is 34.2. The van der Waals surface area contributed by atoms with E-state index in [2.05, 4.69) is 327 Å². The zero-order valence-electron chi connectivity index (χ0n) is 52.5. The van der Waals surface area contributed by atoms with E-state index in [1.165, 1.54) is 132 Å². The highest BCUT2D eigenvalue weighted by atomic mass is 15.2. The van der Waals surface area contributed by atoms with Crippen molar-refractivity contribution >= 4 is 136 Å². The molecule has 8 heteroatoms. The normalized spacial score (nSPS) is 18.1. The maximum Gasteiger partial charge on any atom is 0.252 e. The summed E-state index contributed by atoms with van der Waals surface area (Å²) in [5, 5.41) is 7.01. The van der Waals surface area contributed by atoms with Crippen LogP contribution in [-0.2, 0) is 0 Å². The van der Waals surface area contributed by atoms with Crippen molar-refractivity contribution in [3.8, 4) is 39.1 Å². The molecular weight excluding hydrogens is 1150 g/mol. The highest BCUT2D eigenvalue weighted by molar-refractivity contribution is 7.03. The first kappa shape index (κ1) is 53.3. The van der Waals surface area contributed by atoms with E-state index in [1.807, 2.05) is 0 Å². The van der Waals surface area contributed by atoms with Crippen LogP contribution >= 0.6 is 0 Å². The molecule has 7 heterocycles. The molecule has 2 saturated carbocycles. The number of hydrogen-bond donors (Lipinski definition) is 1. The van der Waals surface area contributed by atoms with Crippen LogP contribution in [0, 0.1) is 11.8 Å². The van der Waals surface area contributed by atoms with E-state index in [0.29, 0.717) is 12.1 Å². The van der Waals surface area contributed by atoms with Gasteiger partial charge in [-0.1, -0.05) is 212 Å². The number of fused-ring (bicyclic) bond motifs is 11. The minimum atomic E-state index is -0.189. The number of nitrogens with zero attached hydrogens (tertiary/aromatic N) is 5. The van der Waals surface area contributed by atoms with E-state index in [9.17, 15) is 0 Å². The molecule has 0 spiro atoms. The van der Waals surface area contributed by atoms with Crippen molar-refractivity contribution in [2.24, 2.45) is 11.8 Å². The van der Waals surface area contributed by atoms with Crippen molar-refractivity contribution in [2.45, 2.75) is 44.2 Å². The topological polar surface area (TPSA) is 29.9 Å². The van der Waals surface area contributed by atoms with Crippen molar-refractivity contribution in [1.82, 2.24) is 4.57 Å². The fraction of sp³-hybridized carbons (Fsp3) is 0.103. The molecule has 6 nitrogen and oxygen atoms in total. The van der Waals surface area contributed by atoms with Gasteiger partial charge in [-0.2, -0.15) is 0 Å². The lowest BCUT2D eigenvalue weighted by atomic mass is 9.30. The van der Waals surface area contributed by atoms with Crippen molar-refractivity contribution in [1.29, 1.82) is 0 Å². The summed E-state index contributed by atoms with van der Waals surface area (Å²) in [6.07, 6.45) is 6.56. The van der Waals surface area contributed by atoms with Crippen LogP contribution in [0.5, 0.6) is 0 Å². The molecule has 14 aromatic rings. The first-order valence-corrected chi connectivity index (χ1v) is 34.2. The SMILES string of the molecule is c1ccc(-c2cccc(-c3ccccc3)c2-c2c(-n3c4ccccc4c4ccccc43)cc3c4c2Nc2cc5c(cc2B4c2ccccc2N3c2ccccc2)B2c3ccccc3N(c3ccccc3)c3cc(N4C6CC7CC(C6)CC4C7)cc(c32)N5c2ccccc2)cc1. The predicted octanol–water partition coefficient (Wildman–Crippen LogP) is 18.0. The Bertz CT molecular complexity index is 5320. The van der Waals surface area contributed by atoms with E-state index in [0.717, 1.165) is 73.7 Å². The standard InChI is InChI=1S/C87H64B2N6/c1-6-25-57(26-7-1)65-37-24-38-66(58-27-8-2-9-28-58)83(65)84-79(95-74-41-20-16-35-67(74)68-36-17-21-42-75(68)95)54-82-86-87(84)90-73-53-78-72(52-71(73)88(86)69-39-18-22-43-76(69)93(82)60-31-12-4-13-32-60)89-70-40-19-23-44-77(70)92(59-29-10-3-11-30-59)80-50-64(91-62-46-55-45-56(48-62)49-63(91)47-55)51-81(85(80)89)94(78)61-33-14-5-15-34-61/h1-44,50-56,62-63,90H,45-49H2. The van der Waals surface area contributed by atoms with Gasteiger partial charge in [0, 0.05) is 102 Å². The molecule has 13 aromatic carbocycles. The van der Waals surface area contributed by atoms with Gasteiger partial charge in [-0.25, -0.2) is 0 Å². The number of benzene rings is 13. The lowest BCUT2D eigenvalue weighted by Gasteiger charge is -2.58. The lowest BCUT2D eigenvalue weighted by Crippen LogP contribution is -2.65. The van der Waals surface area contributed by atoms with Gasteiger partial charge in [-0.05, 0) is 184 Å². The molecule has 22 rings (SSSR count). The number of aromatic nitrogens is 1. The Morgan fingerprint density at radius 1 is 0.305 bits per heavy atom. The molecule has 0 unspecified atom stereocenters. The van der Waals surface area contributed by atoms with Crippen molar-refractivity contribution in [3.63, 3.8) is 0 Å². The first-order chi connectivity index (χ1) is 47.1. The van der Waals surface area contributed by atoms with Gasteiger partial charge < -0.3 is 29.5 Å². The Kier molecular flexibility index (Phi) is 11.6. The van der Waals surface area contributed by atoms with Gasteiger partial charge in [-0.3, -0.25) is 0 Å². The Morgan fingerprint density at radius 2 is 0.747 bits per heavy atom. The minimum Gasteiger partial charge on any atom is -0.365 e. The molecule has 8 aliphatic rings. The van der Waals surface area contributed by atoms with E-state index in [4.69, 9.17) is 0 Å². The lowest BCUT2D eigenvalue weighted by molar-refractivity contribution is 0.0900. The molecular formula is C87H64B2N6. The summed E-state index contributed by atoms with van der Waals surface area (Å²) in [5.41, 5.74) is 32.5. The minimum absolute atomic E-state index is 0.0843. The van der Waals surface area contributed by atoms with Crippen LogP contribution < -0.4 is 57.7 Å². The molecule has 6 aliphatic heterocycles. The summed E-state index contributed by atoms with van der Waals surface area (Å²) in [6, 6.07) is 114. The van der Waals surface area contributed by atoms with Crippen molar-refractivity contribution in [3.05, 3.63) is 297 Å². The van der Waals surface area contributed by atoms with E-state index < -0.39 is 0 Å². The maximum absolute atomic E-state index is 4.57. The van der Waals surface area contributed by atoms with Crippen LogP contribution in [0.3, 0.4) is 0 Å². The maximum atomic E-state index is 4.57. The summed E-state index contributed by atoms with van der Waals surface area (Å²) in [6.45, 7) is -0.274. The molecule has 1 N–H and O–H groups in total. The average molecular weight is 1220 g/mol. The Balaban J connectivity index is 0.899. The van der Waals surface area contributed by atoms with Crippen LogP contribution in [0.2, 0.25) is 0 Å². The second-order valence-electron chi connectivity index (χ2n) is 27.6. The summed E-state index contributed by atoms with van der Waals surface area (Å²) in [5.74, 6) is 1.67. The van der Waals surface area contributed by atoms with Gasteiger partial charge >= 0.3 is 0 Å². The third kappa shape index (κ3) is 7.82. The molecule has 1 aromatic heterocycles. The quantitative estimate of drug-likeness (QED) is 0.153. The summed E-state index contributed by atoms with van der Waals surface area (Å²) < 4.78 is 2.58. The molecule has 4 bridgehead atoms. The van der Waals surface area contributed by atoms with Crippen LogP contribution in [-0.4, -0.2) is 30.1 Å². The highest BCUT2D eigenvalue weighted by Gasteiger charge is 2.51. The Hall–Kier alpha value is -11.2. The Morgan fingerprint density at radius 3 is 1.27 bits per heavy atom. The average Bonchev–Trinajstić information content (AvgIpc) is 1.05. The third-order valence-corrected chi connectivity index (χ3v) is 22.6. The van der Waals surface area contributed by atoms with Gasteiger partial charge in [0.1, 0.15) is 0 Å². The van der Waals surface area contributed by atoms with Crippen LogP contribution in [0.15, 0.2) is 297 Å². The molecule has 95 heavy (non-hydrogen) atoms. The monoisotopic (exact) mass is 1210 g/mol. The Labute approximate surface area is 554 Å². The number of piperidine rings is 2. The second kappa shape index (κ2) is 20.6. The zero-order chi connectivity index (χ0) is 62.0. The molecule has 0 amide bonds. The molecule has 2 saturated heterocycles. The molecule has 0 atom stereocenters. The van der Waals surface area contributed by atoms with Crippen molar-refractivity contribution < 1.29 is 0 Å². The third-order valence-electron chi connectivity index (χ3n) is 22.6. The molecule has 448 valence electrons. The molecule has 4 fully saturated rings. The smallest absolute Gasteiger partial charge is 0.252 e. The summed E-state index contributed by atoms with van der Waals surface area (Å²) in [4.78, 5) is 10.7. The fourth-order valence-corrected chi connectivity index (χ4v) is 19.1. The van der Waals surface area contributed by atoms with Gasteiger partial charge in [-0.15, -0.1) is 0 Å². The summed E-state index contributed by atoms with van der Waals surface area (Å²) in [7, 11) is 0. The predicted molar refractivity (Wildman–Crippen MR) is 400 cm³/mol. The second-order valence-corrected chi connectivity index (χ2v) is 27.6. The highest BCUT2D eigenvalue weighted by Crippen LogP contribution is 2.56. The van der Waals surface area contributed by atoms with Crippen molar-refractivity contribution in [2.75, 3.05) is 24.9 Å². The number of nitrogens with one attached hydrogen (secondary N) is 1. The summed E-state index contributed by atoms with van der Waals surface area (Å²) >= 11 is 0. The largest absolute Gasteiger partial charge is 0.365 e. The zero-order valence-corrected chi connectivity index (χ0v) is 52.5. The number of para-hydroxylation sites is 7. The molecule has 0 radical (unpaired) electrons. The van der Waals surface area contributed by atoms with Gasteiger partial charge in [0.25, 0.3) is 13.4 Å². The van der Waals surface area contributed by atoms with Gasteiger partial charge in [0.05, 0.1) is 16.7 Å². The van der Waals surface area contributed by atoms with Crippen LogP contribution in [0.4, 0.5) is 68.2 Å². The van der Waals surface area contributed by atoms with Crippen LogP contribution in [0.25, 0.3) is 60.9 Å². The number of rotatable bonds is 8. The van der Waals surface area contributed by atoms with Crippen LogP contribution in [0.1, 0.15) is 32.1 Å². The van der Waals surface area contributed by atoms with Gasteiger partial charge in [0.15, 0.2) is 0 Å². The number of hydrogen-bond acceptors (Lipinski definition) is 5. The van der Waals surface area contributed by atoms with E-state index in [1.54, 1.807) is 0 Å². The van der Waals surface area contributed by atoms with Gasteiger partial charge in [0.2, 0.25) is 0 Å².